The summed E-state index contributed by atoms with van der Waals surface area (Å²) in [5, 5.41) is 9.38. The van der Waals surface area contributed by atoms with Gasteiger partial charge in [-0.3, -0.25) is 4.90 Å². The molecule has 31 heavy (non-hydrogen) atoms. The van der Waals surface area contributed by atoms with Gasteiger partial charge in [-0.05, 0) is 61.3 Å². The van der Waals surface area contributed by atoms with Gasteiger partial charge in [0.15, 0.2) is 11.5 Å². The van der Waals surface area contributed by atoms with Crippen LogP contribution in [0.4, 0.5) is 8.78 Å². The number of ether oxygens (including phenoxy) is 2. The molecule has 3 aromatic rings. The molecule has 0 saturated carbocycles. The normalized spacial score (nSPS) is 18.4. The fourth-order valence-electron chi connectivity index (χ4n) is 4.09. The van der Waals surface area contributed by atoms with Crippen LogP contribution < -0.4 is 9.47 Å². The van der Waals surface area contributed by atoms with E-state index in [4.69, 9.17) is 11.6 Å². The molecule has 162 valence electrons. The lowest BCUT2D eigenvalue weighted by atomic mass is 9.96. The first kappa shape index (κ1) is 20.2. The lowest BCUT2D eigenvalue weighted by molar-refractivity contribution is -0.286. The molecule has 1 aromatic heterocycles. The molecule has 0 atom stereocenters. The van der Waals surface area contributed by atoms with Crippen molar-refractivity contribution in [2.45, 2.75) is 38.0 Å². The minimum Gasteiger partial charge on any atom is -0.395 e. The van der Waals surface area contributed by atoms with Crippen LogP contribution in [0.1, 0.15) is 41.5 Å². The van der Waals surface area contributed by atoms with E-state index in [1.807, 2.05) is 24.3 Å². The molecule has 6 nitrogen and oxygen atoms in total. The van der Waals surface area contributed by atoms with Crippen molar-refractivity contribution in [3.8, 4) is 11.5 Å². The molecule has 2 aliphatic rings. The number of hydrogen-bond acceptors (Lipinski definition) is 5. The molecule has 1 fully saturated rings. The highest BCUT2D eigenvalue weighted by atomic mass is 35.5. The molecule has 2 aliphatic heterocycles. The Morgan fingerprint density at radius 3 is 2.48 bits per heavy atom. The van der Waals surface area contributed by atoms with Crippen molar-refractivity contribution in [1.29, 1.82) is 0 Å². The summed E-state index contributed by atoms with van der Waals surface area (Å²) < 4.78 is 35.4. The lowest BCUT2D eigenvalue weighted by Gasteiger charge is -2.30. The van der Waals surface area contributed by atoms with Crippen LogP contribution in [0.3, 0.4) is 0 Å². The highest BCUT2D eigenvalue weighted by molar-refractivity contribution is 6.30. The van der Waals surface area contributed by atoms with Crippen LogP contribution in [0.15, 0.2) is 42.5 Å². The number of piperidine rings is 1. The van der Waals surface area contributed by atoms with E-state index >= 15 is 0 Å². The van der Waals surface area contributed by atoms with Crippen LogP contribution in [0, 0.1) is 0 Å². The first-order valence-corrected chi connectivity index (χ1v) is 10.6. The minimum atomic E-state index is -3.58. The standard InChI is InChI=1S/C22H21ClF2N4O2/c23-17-4-1-14(2-5-17)12-20-26-21(28-27-20)16-7-9-29(10-8-16)13-15-3-6-18-19(11-15)31-22(24,25)30-18/h1-6,11,16H,7-10,12-13H2,(H,26,27,28). The van der Waals surface area contributed by atoms with E-state index in [0.717, 1.165) is 48.7 Å². The topological polar surface area (TPSA) is 63.3 Å². The summed E-state index contributed by atoms with van der Waals surface area (Å²) in [6.07, 6.45) is -0.981. The molecule has 3 heterocycles. The van der Waals surface area contributed by atoms with Crippen molar-refractivity contribution in [1.82, 2.24) is 20.1 Å². The molecule has 0 aliphatic carbocycles. The third-order valence-electron chi connectivity index (χ3n) is 5.68. The van der Waals surface area contributed by atoms with Gasteiger partial charge in [-0.15, -0.1) is 19.0 Å². The number of nitrogens with zero attached hydrogens (tertiary/aromatic N) is 3. The lowest BCUT2D eigenvalue weighted by Crippen LogP contribution is -2.32. The summed E-state index contributed by atoms with van der Waals surface area (Å²) in [4.78, 5) is 5.67. The Kier molecular flexibility index (Phi) is 5.27. The van der Waals surface area contributed by atoms with E-state index in [1.54, 1.807) is 12.1 Å². The fraction of sp³-hybridized carbons (Fsp3) is 0.364. The summed E-state index contributed by atoms with van der Waals surface area (Å²) in [6.45, 7) is 2.46. The van der Waals surface area contributed by atoms with Gasteiger partial charge in [0.25, 0.3) is 0 Å². The Hall–Kier alpha value is -2.71. The van der Waals surface area contributed by atoms with Crippen LogP contribution >= 0.6 is 11.6 Å². The Morgan fingerprint density at radius 1 is 1.00 bits per heavy atom. The second kappa shape index (κ2) is 8.09. The third-order valence-corrected chi connectivity index (χ3v) is 5.93. The predicted molar refractivity (Wildman–Crippen MR) is 111 cm³/mol. The van der Waals surface area contributed by atoms with Gasteiger partial charge >= 0.3 is 6.29 Å². The van der Waals surface area contributed by atoms with Gasteiger partial charge in [-0.25, -0.2) is 0 Å². The molecular formula is C22H21ClF2N4O2. The molecule has 2 aromatic carbocycles. The molecule has 0 spiro atoms. The van der Waals surface area contributed by atoms with Crippen molar-refractivity contribution < 1.29 is 18.3 Å². The Balaban J connectivity index is 1.15. The first-order valence-electron chi connectivity index (χ1n) is 10.2. The average molecular weight is 447 g/mol. The maximum Gasteiger partial charge on any atom is 0.586 e. The van der Waals surface area contributed by atoms with E-state index in [1.165, 1.54) is 6.07 Å². The highest BCUT2D eigenvalue weighted by Gasteiger charge is 2.43. The number of rotatable bonds is 5. The number of nitrogens with one attached hydrogen (secondary N) is 1. The van der Waals surface area contributed by atoms with Gasteiger partial charge in [-0.1, -0.05) is 29.8 Å². The number of H-pyrrole nitrogens is 1. The molecule has 0 radical (unpaired) electrons. The second-order valence-corrected chi connectivity index (χ2v) is 8.40. The van der Waals surface area contributed by atoms with Gasteiger partial charge in [0.05, 0.1) is 0 Å². The van der Waals surface area contributed by atoms with E-state index in [-0.39, 0.29) is 11.5 Å². The Labute approximate surface area is 183 Å². The van der Waals surface area contributed by atoms with Gasteiger partial charge in [-0.2, -0.15) is 0 Å². The smallest absolute Gasteiger partial charge is 0.395 e. The monoisotopic (exact) mass is 446 g/mol. The van der Waals surface area contributed by atoms with Crippen molar-refractivity contribution in [3.63, 3.8) is 0 Å². The van der Waals surface area contributed by atoms with E-state index in [9.17, 15) is 8.78 Å². The predicted octanol–water partition coefficient (Wildman–Crippen LogP) is 4.75. The van der Waals surface area contributed by atoms with Gasteiger partial charge < -0.3 is 14.5 Å². The number of aromatic amines is 1. The van der Waals surface area contributed by atoms with Crippen molar-refractivity contribution in [3.05, 3.63) is 70.3 Å². The fourth-order valence-corrected chi connectivity index (χ4v) is 4.21. The average Bonchev–Trinajstić information content (AvgIpc) is 3.32. The molecule has 5 rings (SSSR count). The highest BCUT2D eigenvalue weighted by Crippen LogP contribution is 2.41. The van der Waals surface area contributed by atoms with Crippen LogP contribution in [0.25, 0.3) is 0 Å². The van der Waals surface area contributed by atoms with Crippen LogP contribution in [0.5, 0.6) is 11.5 Å². The number of benzene rings is 2. The molecule has 0 unspecified atom stereocenters. The number of alkyl halides is 2. The number of halogens is 3. The quantitative estimate of drug-likeness (QED) is 0.612. The molecule has 9 heteroatoms. The van der Waals surface area contributed by atoms with Gasteiger partial charge in [0.2, 0.25) is 0 Å². The van der Waals surface area contributed by atoms with E-state index in [2.05, 4.69) is 29.6 Å². The van der Waals surface area contributed by atoms with Crippen molar-refractivity contribution in [2.24, 2.45) is 0 Å². The maximum absolute atomic E-state index is 13.2. The minimum absolute atomic E-state index is 0.0761. The van der Waals surface area contributed by atoms with E-state index < -0.39 is 6.29 Å². The number of aromatic nitrogens is 3. The summed E-state index contributed by atoms with van der Waals surface area (Å²) in [7, 11) is 0. The first-order chi connectivity index (χ1) is 14.9. The number of fused-ring (bicyclic) bond motifs is 1. The number of likely N-dealkylation sites (tertiary alicyclic amines) is 1. The molecular weight excluding hydrogens is 426 g/mol. The molecule has 0 amide bonds. The van der Waals surface area contributed by atoms with Crippen molar-refractivity contribution in [2.75, 3.05) is 13.1 Å². The second-order valence-electron chi connectivity index (χ2n) is 7.96. The Morgan fingerprint density at radius 2 is 1.71 bits per heavy atom. The largest absolute Gasteiger partial charge is 0.586 e. The maximum atomic E-state index is 13.2. The number of hydrogen-bond donors (Lipinski definition) is 1. The van der Waals surface area contributed by atoms with Gasteiger partial charge in [0.1, 0.15) is 11.6 Å². The Bertz CT molecular complexity index is 1070. The molecule has 0 bridgehead atoms. The zero-order valence-electron chi connectivity index (χ0n) is 16.7. The third kappa shape index (κ3) is 4.65. The summed E-state index contributed by atoms with van der Waals surface area (Å²) in [5.74, 6) is 2.27. The SMILES string of the molecule is FC1(F)Oc2ccc(CN3CCC(c4nnc(Cc5ccc(Cl)cc5)[nH]4)CC3)cc2O1. The van der Waals surface area contributed by atoms with Crippen LogP contribution in [0.2, 0.25) is 5.02 Å². The van der Waals surface area contributed by atoms with Crippen LogP contribution in [-0.4, -0.2) is 39.5 Å². The van der Waals surface area contributed by atoms with E-state index in [0.29, 0.717) is 23.9 Å². The summed E-state index contributed by atoms with van der Waals surface area (Å²) >= 11 is 5.94. The zero-order valence-corrected chi connectivity index (χ0v) is 17.4. The molecule has 1 saturated heterocycles. The summed E-state index contributed by atoms with van der Waals surface area (Å²) in [5.41, 5.74) is 2.05. The van der Waals surface area contributed by atoms with Gasteiger partial charge in [0, 0.05) is 23.9 Å². The molecule has 1 N–H and O–H groups in total. The van der Waals surface area contributed by atoms with Crippen LogP contribution in [-0.2, 0) is 13.0 Å². The zero-order chi connectivity index (χ0) is 21.4. The summed E-state index contributed by atoms with van der Waals surface area (Å²) in [6, 6.07) is 12.7. The van der Waals surface area contributed by atoms with Crippen molar-refractivity contribution >= 4 is 11.6 Å².